The molecule has 5 heteroatoms. The van der Waals surface area contributed by atoms with E-state index in [2.05, 4.69) is 26.0 Å². The van der Waals surface area contributed by atoms with Crippen molar-refractivity contribution in [3.8, 4) is 0 Å². The fourth-order valence-corrected chi connectivity index (χ4v) is 1.83. The smallest absolute Gasteiger partial charge is 0.217 e. The maximum Gasteiger partial charge on any atom is 0.217 e. The van der Waals surface area contributed by atoms with E-state index in [0.29, 0.717) is 10.8 Å². The van der Waals surface area contributed by atoms with Gasteiger partial charge in [-0.2, -0.15) is 11.8 Å². The summed E-state index contributed by atoms with van der Waals surface area (Å²) in [6.45, 7) is 0. The predicted molar refractivity (Wildman–Crippen MR) is 44.1 cm³/mol. The first-order valence-electron chi connectivity index (χ1n) is 3.00. The van der Waals surface area contributed by atoms with Gasteiger partial charge in [0.1, 0.15) is 6.33 Å². The van der Waals surface area contributed by atoms with Crippen LogP contribution in [0, 0.1) is 0 Å². The Balaban J connectivity index is 2.17. The van der Waals surface area contributed by atoms with Gasteiger partial charge < -0.3 is 0 Å². The van der Waals surface area contributed by atoms with Crippen LogP contribution < -0.4 is 0 Å². The molecule has 10 heavy (non-hydrogen) atoms. The Hall–Kier alpha value is -0.0300. The molecule has 1 fully saturated rings. The van der Waals surface area contributed by atoms with E-state index in [0.717, 1.165) is 0 Å². The summed E-state index contributed by atoms with van der Waals surface area (Å²) in [5.41, 5.74) is 0. The van der Waals surface area contributed by atoms with E-state index in [1.165, 1.54) is 11.5 Å². The van der Waals surface area contributed by atoms with Crippen molar-refractivity contribution < 1.29 is 0 Å². The zero-order valence-corrected chi connectivity index (χ0v) is 7.60. The van der Waals surface area contributed by atoms with Crippen LogP contribution in [-0.4, -0.2) is 26.3 Å². The summed E-state index contributed by atoms with van der Waals surface area (Å²) in [7, 11) is 0. The topological polar surface area (TPSA) is 30.7 Å². The molecule has 0 bridgehead atoms. The first-order valence-corrected chi connectivity index (χ1v) is 4.95. The summed E-state index contributed by atoms with van der Waals surface area (Å²) in [5.74, 6) is 2.35. The lowest BCUT2D eigenvalue weighted by Crippen LogP contribution is -2.23. The molecule has 1 aromatic heterocycles. The van der Waals surface area contributed by atoms with Crippen molar-refractivity contribution in [2.24, 2.45) is 0 Å². The number of hydrogen-bond donors (Lipinski definition) is 0. The number of hydrogen-bond acceptors (Lipinski definition) is 3. The van der Waals surface area contributed by atoms with Gasteiger partial charge in [0.15, 0.2) is 0 Å². The third-order valence-corrected chi connectivity index (χ3v) is 3.08. The standard InChI is InChI=1S/C5H6BrN3S/c6-5-7-3-9(8-5)4-1-10-2-4/h3-4H,1-2H2. The van der Waals surface area contributed by atoms with Gasteiger partial charge in [-0.1, -0.05) is 0 Å². The summed E-state index contributed by atoms with van der Waals surface area (Å²) in [4.78, 5) is 3.98. The molecule has 0 N–H and O–H groups in total. The molecule has 0 unspecified atom stereocenters. The highest BCUT2D eigenvalue weighted by atomic mass is 79.9. The van der Waals surface area contributed by atoms with E-state index < -0.39 is 0 Å². The van der Waals surface area contributed by atoms with Crippen molar-refractivity contribution in [3.05, 3.63) is 11.1 Å². The van der Waals surface area contributed by atoms with Gasteiger partial charge in [0.05, 0.1) is 6.04 Å². The molecule has 1 aliphatic heterocycles. The quantitative estimate of drug-likeness (QED) is 0.715. The van der Waals surface area contributed by atoms with E-state index in [9.17, 15) is 0 Å². The molecule has 1 aliphatic rings. The van der Waals surface area contributed by atoms with Gasteiger partial charge in [-0.05, 0) is 15.9 Å². The highest BCUT2D eigenvalue weighted by molar-refractivity contribution is 9.10. The SMILES string of the molecule is Brc1ncn(C2CSC2)n1. The molecule has 0 radical (unpaired) electrons. The molecule has 1 saturated heterocycles. The minimum Gasteiger partial charge on any atom is -0.247 e. The maximum absolute atomic E-state index is 4.14. The fourth-order valence-electron chi connectivity index (χ4n) is 0.806. The molecule has 2 rings (SSSR count). The molecule has 54 valence electrons. The third kappa shape index (κ3) is 1.08. The van der Waals surface area contributed by atoms with Crippen LogP contribution >= 0.6 is 27.7 Å². The largest absolute Gasteiger partial charge is 0.247 e. The first kappa shape index (κ1) is 6.67. The van der Waals surface area contributed by atoms with Crippen LogP contribution in [0.1, 0.15) is 6.04 Å². The van der Waals surface area contributed by atoms with Gasteiger partial charge >= 0.3 is 0 Å². The monoisotopic (exact) mass is 219 g/mol. The average Bonchev–Trinajstić information content (AvgIpc) is 2.10. The van der Waals surface area contributed by atoms with Crippen LogP contribution in [0.4, 0.5) is 0 Å². The number of thioether (sulfide) groups is 1. The lowest BCUT2D eigenvalue weighted by molar-refractivity contribution is 0.523. The zero-order valence-electron chi connectivity index (χ0n) is 5.20. The lowest BCUT2D eigenvalue weighted by Gasteiger charge is -2.24. The molecule has 0 aromatic carbocycles. The average molecular weight is 220 g/mol. The summed E-state index contributed by atoms with van der Waals surface area (Å²) >= 11 is 5.15. The van der Waals surface area contributed by atoms with Crippen LogP contribution in [0.5, 0.6) is 0 Å². The molecule has 0 atom stereocenters. The third-order valence-electron chi connectivity index (χ3n) is 1.48. The molecular weight excluding hydrogens is 214 g/mol. The van der Waals surface area contributed by atoms with E-state index in [-0.39, 0.29) is 0 Å². The van der Waals surface area contributed by atoms with Crippen molar-refractivity contribution in [1.29, 1.82) is 0 Å². The second kappa shape index (κ2) is 2.54. The predicted octanol–water partition coefficient (Wildman–Crippen LogP) is 1.33. The van der Waals surface area contributed by atoms with Crippen molar-refractivity contribution in [3.63, 3.8) is 0 Å². The van der Waals surface area contributed by atoms with E-state index in [4.69, 9.17) is 0 Å². The van der Waals surface area contributed by atoms with Crippen LogP contribution in [0.25, 0.3) is 0 Å². The summed E-state index contributed by atoms with van der Waals surface area (Å²) < 4.78 is 2.60. The van der Waals surface area contributed by atoms with Gasteiger partial charge in [-0.25, -0.2) is 9.67 Å². The van der Waals surface area contributed by atoms with E-state index in [1.807, 2.05) is 16.4 Å². The highest BCUT2D eigenvalue weighted by Gasteiger charge is 2.20. The number of aromatic nitrogens is 3. The molecular formula is C5H6BrN3S. The second-order valence-electron chi connectivity index (χ2n) is 2.18. The van der Waals surface area contributed by atoms with Gasteiger partial charge in [0.2, 0.25) is 4.73 Å². The van der Waals surface area contributed by atoms with Gasteiger partial charge in [0, 0.05) is 11.5 Å². The normalized spacial score (nSPS) is 18.9. The Bertz CT molecular complexity index is 233. The molecule has 0 saturated carbocycles. The van der Waals surface area contributed by atoms with Crippen molar-refractivity contribution >= 4 is 27.7 Å². The minimum absolute atomic E-state index is 0.587. The lowest BCUT2D eigenvalue weighted by atomic mass is 10.4. The minimum atomic E-state index is 0.587. The van der Waals surface area contributed by atoms with Crippen molar-refractivity contribution in [2.75, 3.05) is 11.5 Å². The van der Waals surface area contributed by atoms with Gasteiger partial charge in [-0.15, -0.1) is 5.10 Å². The fraction of sp³-hybridized carbons (Fsp3) is 0.600. The summed E-state index contributed by atoms with van der Waals surface area (Å²) in [5, 5.41) is 4.14. The molecule has 0 spiro atoms. The Morgan fingerprint density at radius 2 is 2.50 bits per heavy atom. The van der Waals surface area contributed by atoms with Crippen molar-refractivity contribution in [2.45, 2.75) is 6.04 Å². The van der Waals surface area contributed by atoms with Crippen LogP contribution in [0.3, 0.4) is 0 Å². The number of rotatable bonds is 1. The molecule has 1 aromatic rings. The van der Waals surface area contributed by atoms with E-state index in [1.54, 1.807) is 6.33 Å². The van der Waals surface area contributed by atoms with Gasteiger partial charge in [0.25, 0.3) is 0 Å². The van der Waals surface area contributed by atoms with Gasteiger partial charge in [-0.3, -0.25) is 0 Å². The zero-order chi connectivity index (χ0) is 6.97. The maximum atomic E-state index is 4.14. The Morgan fingerprint density at radius 1 is 1.70 bits per heavy atom. The Labute approximate surface area is 71.3 Å². The summed E-state index contributed by atoms with van der Waals surface area (Å²) in [6.07, 6.45) is 1.77. The Kier molecular flexibility index (Phi) is 1.69. The van der Waals surface area contributed by atoms with Crippen LogP contribution in [0.15, 0.2) is 11.1 Å². The number of nitrogens with zero attached hydrogens (tertiary/aromatic N) is 3. The Morgan fingerprint density at radius 3 is 2.90 bits per heavy atom. The molecule has 2 heterocycles. The van der Waals surface area contributed by atoms with Crippen LogP contribution in [-0.2, 0) is 0 Å². The highest BCUT2D eigenvalue weighted by Crippen LogP contribution is 2.28. The second-order valence-corrected chi connectivity index (χ2v) is 3.97. The molecule has 3 nitrogen and oxygen atoms in total. The number of halogens is 1. The van der Waals surface area contributed by atoms with Crippen molar-refractivity contribution in [1.82, 2.24) is 14.8 Å². The molecule has 0 amide bonds. The van der Waals surface area contributed by atoms with E-state index >= 15 is 0 Å². The van der Waals surface area contributed by atoms with Crippen LogP contribution in [0.2, 0.25) is 0 Å². The summed E-state index contributed by atoms with van der Waals surface area (Å²) in [6, 6.07) is 0.587. The first-order chi connectivity index (χ1) is 4.86. The molecule has 0 aliphatic carbocycles.